The molecule has 1 aromatic carbocycles. The Labute approximate surface area is 281 Å². The van der Waals surface area contributed by atoms with Crippen LogP contribution in [-0.4, -0.2) is 110 Å². The van der Waals surface area contributed by atoms with E-state index in [0.29, 0.717) is 44.1 Å². The first-order chi connectivity index (χ1) is 23.0. The molecule has 14 heteroatoms. The Bertz CT molecular complexity index is 1720. The Balaban J connectivity index is 1.16. The SMILES string of the molecule is CN1CCN(c2nc(OC3CC4C(=O)NC5(C(=O)NS(=O)(=O)C6CC6)CC5/C=C\CCCCN(C)C(=O)C4C3)c3ccccc3n2)CC1. The maximum Gasteiger partial charge on any atom is 0.259 e. The van der Waals surface area contributed by atoms with Gasteiger partial charge in [-0.3, -0.25) is 19.1 Å². The summed E-state index contributed by atoms with van der Waals surface area (Å²) in [7, 11) is 0.0474. The van der Waals surface area contributed by atoms with E-state index < -0.39 is 50.6 Å². The van der Waals surface area contributed by atoms with Crippen LogP contribution in [0.4, 0.5) is 5.95 Å². The van der Waals surface area contributed by atoms with Crippen LogP contribution in [0.1, 0.15) is 51.4 Å². The minimum atomic E-state index is -3.81. The van der Waals surface area contributed by atoms with Crippen molar-refractivity contribution in [1.82, 2.24) is 29.8 Å². The number of likely N-dealkylation sites (N-methyl/N-ethyl adjacent to an activating group) is 1. The number of anilines is 1. The summed E-state index contributed by atoms with van der Waals surface area (Å²) in [6, 6.07) is 7.67. The third kappa shape index (κ3) is 6.60. The summed E-state index contributed by atoms with van der Waals surface area (Å²) in [5.41, 5.74) is -0.623. The molecule has 0 radical (unpaired) electrons. The summed E-state index contributed by atoms with van der Waals surface area (Å²) in [5, 5.41) is 3.13. The van der Waals surface area contributed by atoms with Gasteiger partial charge in [-0.05, 0) is 70.5 Å². The van der Waals surface area contributed by atoms with E-state index in [1.807, 2.05) is 36.4 Å². The number of fused-ring (bicyclic) bond motifs is 3. The molecule has 48 heavy (non-hydrogen) atoms. The number of allylic oxidation sites excluding steroid dienone is 1. The standard InChI is InChI=1S/C34H45N7O6S/c1-39-15-17-41(18-16-39)33-35-28-11-7-6-10-25(28)30(36-33)47-23-19-26-27(20-23)31(43)40(2)14-8-4-3-5-9-22-21-34(22,37-29(26)42)32(44)38-48(45,46)24-12-13-24/h5-7,9-11,22-24,26-27H,3-4,8,12-21H2,1-2H3,(H,37,42)(H,38,44)/b9-5-. The van der Waals surface area contributed by atoms with E-state index in [9.17, 15) is 22.8 Å². The number of hydrogen-bond donors (Lipinski definition) is 2. The van der Waals surface area contributed by atoms with Gasteiger partial charge in [0, 0.05) is 45.7 Å². The number of carbonyl (C=O) groups excluding carboxylic acids is 3. The molecule has 7 rings (SSSR count). The Morgan fingerprint density at radius 2 is 1.75 bits per heavy atom. The third-order valence-electron chi connectivity index (χ3n) is 10.6. The van der Waals surface area contributed by atoms with E-state index >= 15 is 0 Å². The summed E-state index contributed by atoms with van der Waals surface area (Å²) in [6.45, 7) is 3.94. The van der Waals surface area contributed by atoms with Crippen LogP contribution in [0.3, 0.4) is 0 Å². The largest absolute Gasteiger partial charge is 0.474 e. The number of aromatic nitrogens is 2. The average molecular weight is 680 g/mol. The summed E-state index contributed by atoms with van der Waals surface area (Å²) >= 11 is 0. The van der Waals surface area contributed by atoms with E-state index in [4.69, 9.17) is 14.7 Å². The van der Waals surface area contributed by atoms with Gasteiger partial charge >= 0.3 is 0 Å². The molecule has 3 aliphatic carbocycles. The molecule has 4 fully saturated rings. The second kappa shape index (κ2) is 12.9. The predicted molar refractivity (Wildman–Crippen MR) is 180 cm³/mol. The maximum absolute atomic E-state index is 14.1. The molecule has 0 spiro atoms. The van der Waals surface area contributed by atoms with Crippen LogP contribution >= 0.6 is 0 Å². The van der Waals surface area contributed by atoms with Crippen LogP contribution in [0, 0.1) is 17.8 Å². The molecule has 2 aromatic rings. The van der Waals surface area contributed by atoms with Crippen LogP contribution in [0.2, 0.25) is 0 Å². The topological polar surface area (TPSA) is 154 Å². The fourth-order valence-corrected chi connectivity index (χ4v) is 8.69. The molecule has 3 amide bonds. The van der Waals surface area contributed by atoms with Gasteiger partial charge in [0.25, 0.3) is 5.91 Å². The van der Waals surface area contributed by atoms with Gasteiger partial charge in [-0.1, -0.05) is 24.3 Å². The van der Waals surface area contributed by atoms with E-state index in [2.05, 4.69) is 26.9 Å². The Morgan fingerprint density at radius 3 is 2.52 bits per heavy atom. The second-order valence-electron chi connectivity index (χ2n) is 14.2. The fourth-order valence-electron chi connectivity index (χ4n) is 7.32. The van der Waals surface area contributed by atoms with Gasteiger partial charge in [0.1, 0.15) is 11.6 Å². The molecule has 1 saturated heterocycles. The van der Waals surface area contributed by atoms with Crippen molar-refractivity contribution in [2.24, 2.45) is 17.8 Å². The summed E-state index contributed by atoms with van der Waals surface area (Å²) < 4.78 is 34.3. The third-order valence-corrected chi connectivity index (χ3v) is 12.4. The number of rotatable bonds is 6. The molecule has 258 valence electrons. The van der Waals surface area contributed by atoms with Crippen molar-refractivity contribution in [2.45, 2.75) is 68.3 Å². The van der Waals surface area contributed by atoms with E-state index in [0.717, 1.165) is 56.3 Å². The summed E-state index contributed by atoms with van der Waals surface area (Å²) in [5.74, 6) is -2.05. The van der Waals surface area contributed by atoms with Gasteiger partial charge in [-0.25, -0.2) is 13.4 Å². The number of sulfonamides is 1. The highest BCUT2D eigenvalue weighted by Gasteiger charge is 2.62. The van der Waals surface area contributed by atoms with Crippen LogP contribution in [-0.2, 0) is 24.4 Å². The average Bonchev–Trinajstić information content (AvgIpc) is 3.99. The number of benzene rings is 1. The summed E-state index contributed by atoms with van der Waals surface area (Å²) in [4.78, 5) is 57.4. The number of carbonyl (C=O) groups is 3. The van der Waals surface area contributed by atoms with E-state index in [1.54, 1.807) is 11.9 Å². The molecule has 5 atom stereocenters. The number of nitrogens with one attached hydrogen (secondary N) is 2. The van der Waals surface area contributed by atoms with Crippen molar-refractivity contribution in [3.63, 3.8) is 0 Å². The monoisotopic (exact) mass is 679 g/mol. The lowest BCUT2D eigenvalue weighted by Crippen LogP contribution is -2.54. The van der Waals surface area contributed by atoms with Crippen molar-refractivity contribution in [3.8, 4) is 5.88 Å². The number of piperazine rings is 1. The molecule has 2 aliphatic heterocycles. The zero-order valence-electron chi connectivity index (χ0n) is 27.6. The Kier molecular flexibility index (Phi) is 8.82. The van der Waals surface area contributed by atoms with Crippen LogP contribution in [0.5, 0.6) is 5.88 Å². The minimum Gasteiger partial charge on any atom is -0.474 e. The zero-order valence-corrected chi connectivity index (χ0v) is 28.5. The lowest BCUT2D eigenvalue weighted by molar-refractivity contribution is -0.140. The number of ether oxygens (including phenoxy) is 1. The van der Waals surface area contributed by atoms with Gasteiger partial charge in [-0.2, -0.15) is 4.98 Å². The number of para-hydroxylation sites is 1. The van der Waals surface area contributed by atoms with Gasteiger partial charge in [0.2, 0.25) is 33.7 Å². The predicted octanol–water partition coefficient (Wildman–Crippen LogP) is 1.84. The van der Waals surface area contributed by atoms with Gasteiger partial charge < -0.3 is 24.8 Å². The first-order valence-corrected chi connectivity index (χ1v) is 18.8. The normalized spacial score (nSPS) is 31.0. The van der Waals surface area contributed by atoms with Crippen molar-refractivity contribution < 1.29 is 27.5 Å². The number of nitrogens with zero attached hydrogens (tertiary/aromatic N) is 5. The van der Waals surface area contributed by atoms with Crippen molar-refractivity contribution in [1.29, 1.82) is 0 Å². The van der Waals surface area contributed by atoms with Gasteiger partial charge in [-0.15, -0.1) is 0 Å². The molecule has 2 N–H and O–H groups in total. The lowest BCUT2D eigenvalue weighted by atomic mass is 9.93. The van der Waals surface area contributed by atoms with E-state index in [1.165, 1.54) is 0 Å². The molecule has 13 nitrogen and oxygen atoms in total. The van der Waals surface area contributed by atoms with Crippen LogP contribution < -0.4 is 19.7 Å². The quantitative estimate of drug-likeness (QED) is 0.433. The highest BCUT2D eigenvalue weighted by Crippen LogP contribution is 2.47. The lowest BCUT2D eigenvalue weighted by Gasteiger charge is -2.32. The first-order valence-electron chi connectivity index (χ1n) is 17.2. The van der Waals surface area contributed by atoms with Gasteiger partial charge in [0.15, 0.2) is 0 Å². The molecule has 3 saturated carbocycles. The first kappa shape index (κ1) is 32.8. The highest BCUT2D eigenvalue weighted by atomic mass is 32.2. The zero-order chi connectivity index (χ0) is 33.6. The van der Waals surface area contributed by atoms with Crippen molar-refractivity contribution >= 4 is 44.6 Å². The molecular weight excluding hydrogens is 634 g/mol. The minimum absolute atomic E-state index is 0.137. The van der Waals surface area contributed by atoms with Crippen LogP contribution in [0.25, 0.3) is 10.9 Å². The van der Waals surface area contributed by atoms with E-state index in [-0.39, 0.29) is 18.2 Å². The van der Waals surface area contributed by atoms with Crippen molar-refractivity contribution in [3.05, 3.63) is 36.4 Å². The van der Waals surface area contributed by atoms with Gasteiger partial charge in [0.05, 0.1) is 28.0 Å². The maximum atomic E-state index is 14.1. The molecule has 0 bridgehead atoms. The Hall–Kier alpha value is -3.78. The molecular formula is C34H45N7O6S. The molecule has 5 unspecified atom stereocenters. The fraction of sp³-hybridized carbons (Fsp3) is 0.618. The van der Waals surface area contributed by atoms with Crippen LogP contribution in [0.15, 0.2) is 36.4 Å². The number of hydrogen-bond acceptors (Lipinski definition) is 10. The number of amides is 3. The second-order valence-corrected chi connectivity index (χ2v) is 16.2. The summed E-state index contributed by atoms with van der Waals surface area (Å²) in [6.07, 6.45) is 7.72. The smallest absolute Gasteiger partial charge is 0.259 e. The molecule has 5 aliphatic rings. The Morgan fingerprint density at radius 1 is 1.00 bits per heavy atom. The molecule has 3 heterocycles. The molecule has 1 aromatic heterocycles. The highest BCUT2D eigenvalue weighted by molar-refractivity contribution is 7.91. The van der Waals surface area contributed by atoms with Crippen molar-refractivity contribution in [2.75, 3.05) is 51.7 Å².